The highest BCUT2D eigenvalue weighted by atomic mass is 16.5. The minimum atomic E-state index is -0.383. The Hall–Kier alpha value is -1.44. The van der Waals surface area contributed by atoms with Gasteiger partial charge in [-0.2, -0.15) is 0 Å². The third-order valence-electron chi connectivity index (χ3n) is 6.24. The number of carbonyl (C=O) groups excluding carboxylic acids is 2. The van der Waals surface area contributed by atoms with Crippen molar-refractivity contribution in [2.75, 3.05) is 21.3 Å². The Bertz CT molecular complexity index is 553. The number of esters is 1. The summed E-state index contributed by atoms with van der Waals surface area (Å²) in [6, 6.07) is 0. The maximum atomic E-state index is 12.4. The van der Waals surface area contributed by atoms with Crippen molar-refractivity contribution in [3.8, 4) is 0 Å². The van der Waals surface area contributed by atoms with E-state index in [1.54, 1.807) is 27.5 Å². The molecule has 0 radical (unpaired) electrons. The fourth-order valence-electron chi connectivity index (χ4n) is 3.86. The summed E-state index contributed by atoms with van der Waals surface area (Å²) in [5.41, 5.74) is 0. The molecule has 1 amide bonds. The lowest BCUT2D eigenvalue weighted by molar-refractivity contribution is -0.159. The molecule has 188 valence electrons. The third kappa shape index (κ3) is 10.9. The molecule has 0 rings (SSSR count). The summed E-state index contributed by atoms with van der Waals surface area (Å²) >= 11 is 0. The molecule has 1 N–H and O–H groups in total. The number of hydrogen-bond acceptors (Lipinski definition) is 6. The van der Waals surface area contributed by atoms with E-state index in [1.165, 1.54) is 4.90 Å². The summed E-state index contributed by atoms with van der Waals surface area (Å²) in [7, 11) is 5.01. The first-order valence-corrected chi connectivity index (χ1v) is 11.8. The second kappa shape index (κ2) is 16.2. The smallest absolute Gasteiger partial charge is 0.308 e. The summed E-state index contributed by atoms with van der Waals surface area (Å²) in [6.07, 6.45) is 6.20. The number of nitrogens with zero attached hydrogens (tertiary/aromatic N) is 1. The number of methoxy groups -OCH3 is 2. The van der Waals surface area contributed by atoms with Crippen LogP contribution < -0.4 is 0 Å². The molecule has 0 aromatic heterocycles. The predicted molar refractivity (Wildman–Crippen MR) is 127 cm³/mol. The average molecular weight is 458 g/mol. The molecule has 0 aromatic carbocycles. The van der Waals surface area contributed by atoms with Crippen molar-refractivity contribution in [2.24, 2.45) is 23.7 Å². The molecule has 0 fully saturated rings. The second-order valence-corrected chi connectivity index (χ2v) is 9.29. The van der Waals surface area contributed by atoms with Crippen LogP contribution >= 0.6 is 0 Å². The number of amides is 1. The maximum Gasteiger partial charge on any atom is 0.308 e. The van der Waals surface area contributed by atoms with Gasteiger partial charge in [0.2, 0.25) is 6.41 Å². The van der Waals surface area contributed by atoms with Crippen LogP contribution in [-0.4, -0.2) is 68.1 Å². The van der Waals surface area contributed by atoms with Crippen molar-refractivity contribution < 1.29 is 28.9 Å². The molecule has 0 spiro atoms. The van der Waals surface area contributed by atoms with Crippen LogP contribution in [-0.2, 0) is 23.8 Å². The number of aliphatic hydroxyl groups is 1. The Morgan fingerprint density at radius 3 is 2.12 bits per heavy atom. The summed E-state index contributed by atoms with van der Waals surface area (Å²) in [5, 5.41) is 10.0. The van der Waals surface area contributed by atoms with Crippen molar-refractivity contribution >= 4 is 12.4 Å². The van der Waals surface area contributed by atoms with Gasteiger partial charge >= 0.3 is 5.97 Å². The van der Waals surface area contributed by atoms with Crippen LogP contribution in [0.2, 0.25) is 0 Å². The fraction of sp³-hybridized carbons (Fsp3) is 0.840. The zero-order valence-electron chi connectivity index (χ0n) is 21.6. The van der Waals surface area contributed by atoms with E-state index < -0.39 is 0 Å². The number of ether oxygens (including phenoxy) is 3. The molecule has 0 saturated carbocycles. The quantitative estimate of drug-likeness (QED) is 0.262. The van der Waals surface area contributed by atoms with E-state index in [9.17, 15) is 14.7 Å². The van der Waals surface area contributed by atoms with Gasteiger partial charge in [0.25, 0.3) is 0 Å². The molecule has 0 heterocycles. The van der Waals surface area contributed by atoms with Crippen molar-refractivity contribution in [1.29, 1.82) is 0 Å². The van der Waals surface area contributed by atoms with E-state index in [1.807, 2.05) is 40.7 Å². The first-order chi connectivity index (χ1) is 15.0. The van der Waals surface area contributed by atoms with Crippen LogP contribution in [0.4, 0.5) is 0 Å². The molecule has 0 aliphatic heterocycles. The first kappa shape index (κ1) is 30.6. The average Bonchev–Trinajstić information content (AvgIpc) is 2.77. The highest BCUT2D eigenvalue weighted by molar-refractivity contribution is 5.71. The van der Waals surface area contributed by atoms with Gasteiger partial charge in [-0.1, -0.05) is 47.6 Å². The molecule has 0 aliphatic carbocycles. The van der Waals surface area contributed by atoms with Crippen LogP contribution in [0.15, 0.2) is 12.3 Å². The van der Waals surface area contributed by atoms with Gasteiger partial charge in [-0.3, -0.25) is 9.59 Å². The lowest BCUT2D eigenvalue weighted by atomic mass is 9.84. The molecule has 7 heteroatoms. The third-order valence-corrected chi connectivity index (χ3v) is 6.24. The SMILES string of the molecule is CCC(O)CC(OC)C(C)CCC(OC(=O)C(C)C)C(C)C(OC)C(C)C=CN(C)C=O. The monoisotopic (exact) mass is 457 g/mol. The molecule has 0 aliphatic rings. The largest absolute Gasteiger partial charge is 0.462 e. The molecule has 7 nitrogen and oxygen atoms in total. The molecule has 0 bridgehead atoms. The van der Waals surface area contributed by atoms with Gasteiger partial charge in [-0.25, -0.2) is 0 Å². The van der Waals surface area contributed by atoms with Gasteiger partial charge in [-0.15, -0.1) is 0 Å². The fourth-order valence-corrected chi connectivity index (χ4v) is 3.86. The molecule has 0 saturated heterocycles. The number of carbonyl (C=O) groups is 2. The van der Waals surface area contributed by atoms with Crippen LogP contribution in [0.25, 0.3) is 0 Å². The summed E-state index contributed by atoms with van der Waals surface area (Å²) < 4.78 is 17.4. The van der Waals surface area contributed by atoms with Crippen molar-refractivity contribution in [2.45, 2.75) is 91.6 Å². The van der Waals surface area contributed by atoms with Gasteiger partial charge in [0.15, 0.2) is 0 Å². The minimum Gasteiger partial charge on any atom is -0.462 e. The Morgan fingerprint density at radius 2 is 1.66 bits per heavy atom. The summed E-state index contributed by atoms with van der Waals surface area (Å²) in [4.78, 5) is 24.7. The van der Waals surface area contributed by atoms with Crippen LogP contribution in [0.1, 0.15) is 67.2 Å². The highest BCUT2D eigenvalue weighted by Gasteiger charge is 2.33. The molecule has 32 heavy (non-hydrogen) atoms. The number of hydrogen-bond donors (Lipinski definition) is 1. The Balaban J connectivity index is 5.42. The lowest BCUT2D eigenvalue weighted by Crippen LogP contribution is -2.39. The molecule has 7 atom stereocenters. The Kier molecular flexibility index (Phi) is 15.5. The minimum absolute atomic E-state index is 0.0153. The number of aliphatic hydroxyl groups excluding tert-OH is 1. The molecule has 7 unspecified atom stereocenters. The van der Waals surface area contributed by atoms with E-state index >= 15 is 0 Å². The summed E-state index contributed by atoms with van der Waals surface area (Å²) in [5.74, 6) is -0.279. The van der Waals surface area contributed by atoms with Crippen molar-refractivity contribution in [3.63, 3.8) is 0 Å². The molecule has 0 aromatic rings. The predicted octanol–water partition coefficient (Wildman–Crippen LogP) is 4.04. The van der Waals surface area contributed by atoms with E-state index in [2.05, 4.69) is 6.92 Å². The van der Waals surface area contributed by atoms with E-state index in [0.717, 1.165) is 12.8 Å². The van der Waals surface area contributed by atoms with E-state index in [-0.39, 0.29) is 54.1 Å². The zero-order chi connectivity index (χ0) is 24.8. The van der Waals surface area contributed by atoms with E-state index in [4.69, 9.17) is 14.2 Å². The lowest BCUT2D eigenvalue weighted by Gasteiger charge is -2.34. The number of rotatable bonds is 17. The van der Waals surface area contributed by atoms with Crippen molar-refractivity contribution in [1.82, 2.24) is 4.90 Å². The molecular formula is C25H47NO6. The second-order valence-electron chi connectivity index (χ2n) is 9.29. The normalized spacial score (nSPS) is 18.6. The zero-order valence-corrected chi connectivity index (χ0v) is 21.6. The van der Waals surface area contributed by atoms with Gasteiger partial charge in [0.05, 0.1) is 24.2 Å². The topological polar surface area (TPSA) is 85.3 Å². The first-order valence-electron chi connectivity index (χ1n) is 11.8. The molecular weight excluding hydrogens is 410 g/mol. The van der Waals surface area contributed by atoms with Gasteiger partial charge in [0.1, 0.15) is 6.10 Å². The highest BCUT2D eigenvalue weighted by Crippen LogP contribution is 2.29. The summed E-state index contributed by atoms with van der Waals surface area (Å²) in [6.45, 7) is 11.8. The Morgan fingerprint density at radius 1 is 1.03 bits per heavy atom. The van der Waals surface area contributed by atoms with Crippen LogP contribution in [0.5, 0.6) is 0 Å². The van der Waals surface area contributed by atoms with Gasteiger partial charge in [-0.05, 0) is 31.6 Å². The van der Waals surface area contributed by atoms with Crippen LogP contribution in [0, 0.1) is 23.7 Å². The van der Waals surface area contributed by atoms with E-state index in [0.29, 0.717) is 19.3 Å². The standard InChI is InChI=1S/C25H47NO6/c1-10-21(28)15-23(30-8)18(4)11-12-22(32-25(29)17(2)3)20(6)24(31-9)19(5)13-14-26(7)16-27/h13-14,16-24,28H,10-12,15H2,1-9H3. The van der Waals surface area contributed by atoms with Crippen LogP contribution in [0.3, 0.4) is 0 Å². The Labute approximate surface area is 195 Å². The van der Waals surface area contributed by atoms with Crippen molar-refractivity contribution in [3.05, 3.63) is 12.3 Å². The maximum absolute atomic E-state index is 12.4. The van der Waals surface area contributed by atoms with Gasteiger partial charge in [0, 0.05) is 39.3 Å². The van der Waals surface area contributed by atoms with Gasteiger partial charge < -0.3 is 24.2 Å².